The van der Waals surface area contributed by atoms with Gasteiger partial charge in [0, 0.05) is 13.1 Å². The van der Waals surface area contributed by atoms with Gasteiger partial charge in [0.05, 0.1) is 12.7 Å². The summed E-state index contributed by atoms with van der Waals surface area (Å²) in [5.41, 5.74) is 0.419. The lowest BCUT2D eigenvalue weighted by atomic mass is 10.1. The van der Waals surface area contributed by atoms with Crippen molar-refractivity contribution in [1.82, 2.24) is 9.88 Å². The third-order valence-electron chi connectivity index (χ3n) is 4.62. The summed E-state index contributed by atoms with van der Waals surface area (Å²) in [4.78, 5) is 17.8. The first kappa shape index (κ1) is 12.4. The Morgan fingerprint density at radius 2 is 2.16 bits per heavy atom. The molecule has 1 aromatic rings. The summed E-state index contributed by atoms with van der Waals surface area (Å²) in [6.45, 7) is 6.50. The van der Waals surface area contributed by atoms with Crippen LogP contribution in [0.4, 0.5) is 10.2 Å². The topological polar surface area (TPSA) is 45.2 Å². The van der Waals surface area contributed by atoms with E-state index in [0.29, 0.717) is 23.1 Å². The Labute approximate surface area is 112 Å². The molecule has 1 aliphatic carbocycles. The molecule has 1 N–H and O–H groups in total. The minimum absolute atomic E-state index is 0.0918. The van der Waals surface area contributed by atoms with E-state index in [1.54, 1.807) is 0 Å². The van der Waals surface area contributed by atoms with Crippen molar-refractivity contribution in [2.24, 2.45) is 17.3 Å². The number of likely N-dealkylation sites (tertiary alicyclic amines) is 1. The quantitative estimate of drug-likeness (QED) is 0.903. The first-order chi connectivity index (χ1) is 8.98. The molecule has 1 saturated carbocycles. The van der Waals surface area contributed by atoms with E-state index in [0.717, 1.165) is 19.3 Å². The second kappa shape index (κ2) is 4.18. The Kier molecular flexibility index (Phi) is 2.73. The highest BCUT2D eigenvalue weighted by Gasteiger charge is 2.62. The molecule has 1 aliphatic heterocycles. The van der Waals surface area contributed by atoms with Gasteiger partial charge in [-0.05, 0) is 29.4 Å². The number of rotatable bonds is 3. The van der Waals surface area contributed by atoms with E-state index in [4.69, 9.17) is 0 Å². The number of nitrogens with zero attached hydrogens (tertiary/aromatic N) is 2. The molecule has 3 rings (SSSR count). The number of piperidine rings is 1. The number of fused-ring (bicyclic) bond motifs is 1. The van der Waals surface area contributed by atoms with Crippen LogP contribution in [0.1, 0.15) is 13.8 Å². The van der Waals surface area contributed by atoms with E-state index >= 15 is 0 Å². The Morgan fingerprint density at radius 1 is 1.47 bits per heavy atom. The van der Waals surface area contributed by atoms with E-state index in [-0.39, 0.29) is 18.3 Å². The first-order valence-corrected chi connectivity index (χ1v) is 6.61. The fraction of sp³-hybridized carbons (Fsp3) is 0.571. The zero-order valence-corrected chi connectivity index (χ0v) is 11.2. The second-order valence-electron chi connectivity index (χ2n) is 6.05. The van der Waals surface area contributed by atoms with Crippen LogP contribution in [0, 0.1) is 23.1 Å². The highest BCUT2D eigenvalue weighted by atomic mass is 19.1. The summed E-state index contributed by atoms with van der Waals surface area (Å²) >= 11 is 0. The highest BCUT2D eigenvalue weighted by molar-refractivity contribution is 5.81. The number of aromatic nitrogens is 1. The van der Waals surface area contributed by atoms with Gasteiger partial charge in [0.15, 0.2) is 0 Å². The highest BCUT2D eigenvalue weighted by Crippen LogP contribution is 2.61. The zero-order valence-electron chi connectivity index (χ0n) is 11.2. The Balaban J connectivity index is 1.49. The molecule has 5 heteroatoms. The third kappa shape index (κ3) is 2.17. The van der Waals surface area contributed by atoms with Crippen molar-refractivity contribution in [1.29, 1.82) is 0 Å². The largest absolute Gasteiger partial charge is 0.361 e. The molecule has 2 unspecified atom stereocenters. The molecule has 2 fully saturated rings. The molecule has 0 spiro atoms. The summed E-state index contributed by atoms with van der Waals surface area (Å²) in [5.74, 6) is 1.58. The van der Waals surface area contributed by atoms with Gasteiger partial charge in [-0.15, -0.1) is 0 Å². The number of hydrogen-bond acceptors (Lipinski definition) is 3. The molecule has 2 aliphatic rings. The van der Waals surface area contributed by atoms with E-state index in [2.05, 4.69) is 24.1 Å². The molecule has 102 valence electrons. The van der Waals surface area contributed by atoms with Gasteiger partial charge in [-0.3, -0.25) is 4.79 Å². The maximum atomic E-state index is 12.7. The predicted molar refractivity (Wildman–Crippen MR) is 70.0 cm³/mol. The molecular weight excluding hydrogens is 245 g/mol. The molecule has 4 nitrogen and oxygen atoms in total. The second-order valence-corrected chi connectivity index (χ2v) is 6.05. The molecule has 0 aromatic carbocycles. The summed E-state index contributed by atoms with van der Waals surface area (Å²) in [7, 11) is 0. The maximum absolute atomic E-state index is 12.7. The minimum atomic E-state index is -0.376. The van der Waals surface area contributed by atoms with Crippen LogP contribution in [0.3, 0.4) is 0 Å². The van der Waals surface area contributed by atoms with Crippen LogP contribution in [-0.2, 0) is 4.79 Å². The van der Waals surface area contributed by atoms with Gasteiger partial charge in [-0.1, -0.05) is 13.8 Å². The molecule has 1 amide bonds. The van der Waals surface area contributed by atoms with Crippen molar-refractivity contribution in [3.8, 4) is 0 Å². The smallest absolute Gasteiger partial charge is 0.241 e. The monoisotopic (exact) mass is 263 g/mol. The predicted octanol–water partition coefficient (Wildman–Crippen LogP) is 1.75. The average Bonchev–Trinajstić information content (AvgIpc) is 2.79. The number of nitrogens with one attached hydrogen (secondary N) is 1. The number of pyridine rings is 1. The van der Waals surface area contributed by atoms with Gasteiger partial charge >= 0.3 is 0 Å². The van der Waals surface area contributed by atoms with Crippen LogP contribution < -0.4 is 5.32 Å². The normalized spacial score (nSPS) is 27.0. The van der Waals surface area contributed by atoms with Crippen LogP contribution >= 0.6 is 0 Å². The summed E-state index contributed by atoms with van der Waals surface area (Å²) in [5, 5.41) is 2.93. The molecule has 1 saturated heterocycles. The third-order valence-corrected chi connectivity index (χ3v) is 4.62. The molecule has 1 aromatic heterocycles. The van der Waals surface area contributed by atoms with E-state index in [9.17, 15) is 9.18 Å². The lowest BCUT2D eigenvalue weighted by Gasteiger charge is -2.22. The van der Waals surface area contributed by atoms with E-state index in [1.807, 2.05) is 4.90 Å². The number of amides is 1. The van der Waals surface area contributed by atoms with Crippen molar-refractivity contribution in [2.75, 3.05) is 25.0 Å². The SMILES string of the molecule is CC1(C)C2CN(C(=O)CNc3ccc(F)cn3)CC21. The van der Waals surface area contributed by atoms with Gasteiger partial charge in [0.2, 0.25) is 5.91 Å². The van der Waals surface area contributed by atoms with Gasteiger partial charge in [0.1, 0.15) is 11.6 Å². The molecule has 0 bridgehead atoms. The standard InChI is InChI=1S/C14H18FN3O/c1-14(2)10-7-18(8-11(10)14)13(19)6-17-12-4-3-9(15)5-16-12/h3-5,10-11H,6-8H2,1-2H3,(H,16,17). The fourth-order valence-corrected chi connectivity index (χ4v) is 3.09. The van der Waals surface area contributed by atoms with Crippen LogP contribution in [0.2, 0.25) is 0 Å². The zero-order chi connectivity index (χ0) is 13.6. The number of hydrogen-bond donors (Lipinski definition) is 1. The van der Waals surface area contributed by atoms with E-state index < -0.39 is 0 Å². The van der Waals surface area contributed by atoms with Crippen molar-refractivity contribution < 1.29 is 9.18 Å². The lowest BCUT2D eigenvalue weighted by molar-refractivity contribution is -0.129. The van der Waals surface area contributed by atoms with Crippen molar-refractivity contribution in [2.45, 2.75) is 13.8 Å². The number of carbonyl (C=O) groups is 1. The van der Waals surface area contributed by atoms with Gasteiger partial charge in [0.25, 0.3) is 0 Å². The van der Waals surface area contributed by atoms with Gasteiger partial charge in [-0.25, -0.2) is 9.37 Å². The molecular formula is C14H18FN3O. The van der Waals surface area contributed by atoms with Gasteiger partial charge in [-0.2, -0.15) is 0 Å². The van der Waals surface area contributed by atoms with Crippen LogP contribution in [0.15, 0.2) is 18.3 Å². The summed E-state index contributed by atoms with van der Waals surface area (Å²) in [6.07, 6.45) is 1.14. The van der Waals surface area contributed by atoms with Gasteiger partial charge < -0.3 is 10.2 Å². The molecule has 0 radical (unpaired) electrons. The summed E-state index contributed by atoms with van der Waals surface area (Å²) < 4.78 is 12.7. The number of carbonyl (C=O) groups excluding carboxylic acids is 1. The number of anilines is 1. The first-order valence-electron chi connectivity index (χ1n) is 6.61. The lowest BCUT2D eigenvalue weighted by Crippen LogP contribution is -2.36. The van der Waals surface area contributed by atoms with E-state index in [1.165, 1.54) is 12.1 Å². The molecule has 2 atom stereocenters. The Morgan fingerprint density at radius 3 is 2.74 bits per heavy atom. The fourth-order valence-electron chi connectivity index (χ4n) is 3.09. The van der Waals surface area contributed by atoms with Crippen LogP contribution in [0.25, 0.3) is 0 Å². The van der Waals surface area contributed by atoms with Crippen molar-refractivity contribution >= 4 is 11.7 Å². The summed E-state index contributed by atoms with van der Waals surface area (Å²) in [6, 6.07) is 2.86. The molecule has 2 heterocycles. The Hall–Kier alpha value is -1.65. The average molecular weight is 263 g/mol. The van der Waals surface area contributed by atoms with Crippen LogP contribution in [0.5, 0.6) is 0 Å². The van der Waals surface area contributed by atoms with Crippen LogP contribution in [-0.4, -0.2) is 35.4 Å². The Bertz CT molecular complexity index is 486. The minimum Gasteiger partial charge on any atom is -0.361 e. The van der Waals surface area contributed by atoms with Crippen molar-refractivity contribution in [3.63, 3.8) is 0 Å². The maximum Gasteiger partial charge on any atom is 0.241 e. The number of halogens is 1. The molecule has 19 heavy (non-hydrogen) atoms. The van der Waals surface area contributed by atoms with Crippen molar-refractivity contribution in [3.05, 3.63) is 24.1 Å².